The van der Waals surface area contributed by atoms with Crippen LogP contribution in [0.1, 0.15) is 11.1 Å². The van der Waals surface area contributed by atoms with Crippen molar-refractivity contribution in [1.29, 1.82) is 0 Å². The molecule has 0 aliphatic heterocycles. The molecule has 0 aromatic heterocycles. The molecule has 0 unspecified atom stereocenters. The van der Waals surface area contributed by atoms with E-state index < -0.39 is 16.1 Å². The summed E-state index contributed by atoms with van der Waals surface area (Å²) in [4.78, 5) is 1.76. The summed E-state index contributed by atoms with van der Waals surface area (Å²) < 4.78 is 1.55. The molecule has 0 aliphatic rings. The van der Waals surface area contributed by atoms with Crippen molar-refractivity contribution in [3.8, 4) is 0 Å². The van der Waals surface area contributed by atoms with Crippen LogP contribution in [-0.4, -0.2) is 16.1 Å². The van der Waals surface area contributed by atoms with Crippen molar-refractivity contribution in [3.05, 3.63) is 142 Å². The highest BCUT2D eigenvalue weighted by Crippen LogP contribution is 2.42. The Kier molecular flexibility index (Phi) is 9.18. The minimum atomic E-state index is -1.97. The predicted octanol–water partition coefficient (Wildman–Crippen LogP) is 8.37. The molecule has 184 valence electrons. The first-order valence-corrected chi connectivity index (χ1v) is 20.6. The maximum absolute atomic E-state index is 2.57. The van der Waals surface area contributed by atoms with Crippen LogP contribution in [0.2, 0.25) is 26.2 Å². The minimum absolute atomic E-state index is 1.00. The van der Waals surface area contributed by atoms with E-state index in [0.717, 1.165) is 11.5 Å². The average molecular weight is 541 g/mol. The van der Waals surface area contributed by atoms with Crippen molar-refractivity contribution in [2.24, 2.45) is 0 Å². The molecule has 4 aromatic rings. The van der Waals surface area contributed by atoms with E-state index in [4.69, 9.17) is 0 Å². The summed E-state index contributed by atoms with van der Waals surface area (Å²) >= 11 is 4.11. The summed E-state index contributed by atoms with van der Waals surface area (Å²) in [6.45, 7) is 10.3. The van der Waals surface area contributed by atoms with Gasteiger partial charge in [0.15, 0.2) is 0 Å². The minimum Gasteiger partial charge on any atom is -0.115 e. The Balaban J connectivity index is 1.86. The van der Waals surface area contributed by atoms with Gasteiger partial charge in [-0.2, -0.15) is 0 Å². The predicted molar refractivity (Wildman–Crippen MR) is 170 cm³/mol. The smallest absolute Gasteiger partial charge is 0.106 e. The van der Waals surface area contributed by atoms with Crippen LogP contribution >= 0.6 is 23.5 Å². The topological polar surface area (TPSA) is 0 Å². The monoisotopic (exact) mass is 540 g/mol. The summed E-state index contributed by atoms with van der Waals surface area (Å²) in [5.74, 6) is 2.00. The number of hydrogen-bond donors (Lipinski definition) is 0. The summed E-state index contributed by atoms with van der Waals surface area (Å²) in [6, 6.07) is 44.5. The maximum atomic E-state index is 2.57. The first-order valence-electron chi connectivity index (χ1n) is 12.6. The van der Waals surface area contributed by atoms with E-state index in [0.29, 0.717) is 0 Å². The second-order valence-electron chi connectivity index (χ2n) is 10.2. The molecule has 4 heteroatoms. The normalized spacial score (nSPS) is 11.8. The fourth-order valence-corrected chi connectivity index (χ4v) is 21.6. The highest BCUT2D eigenvalue weighted by Gasteiger charge is 2.42. The number of hydrogen-bond acceptors (Lipinski definition) is 2. The molecule has 0 amide bonds. The lowest BCUT2D eigenvalue weighted by molar-refractivity contribution is 1.41. The molecule has 0 heterocycles. The zero-order valence-electron chi connectivity index (χ0n) is 21.8. The summed E-state index contributed by atoms with van der Waals surface area (Å²) in [6.07, 6.45) is 0. The Bertz CT molecular complexity index is 1150. The van der Waals surface area contributed by atoms with Gasteiger partial charge in [0.1, 0.15) is 16.1 Å². The van der Waals surface area contributed by atoms with Crippen LogP contribution in [0.4, 0.5) is 0 Å². The van der Waals surface area contributed by atoms with E-state index in [9.17, 15) is 0 Å². The second kappa shape index (κ2) is 12.3. The maximum Gasteiger partial charge on any atom is 0.106 e. The molecule has 0 N–H and O–H groups in total. The van der Waals surface area contributed by atoms with E-state index in [1.165, 1.54) is 21.5 Å². The second-order valence-corrected chi connectivity index (χ2v) is 21.6. The van der Waals surface area contributed by atoms with Crippen molar-refractivity contribution in [2.45, 2.75) is 37.7 Å². The molecule has 0 saturated carbocycles. The molecular weight excluding hydrogens is 505 g/mol. The quantitative estimate of drug-likeness (QED) is 0.185. The van der Waals surface area contributed by atoms with Gasteiger partial charge in [0.25, 0.3) is 0 Å². The van der Waals surface area contributed by atoms with Crippen molar-refractivity contribution < 1.29 is 0 Å². The fourth-order valence-electron chi connectivity index (χ4n) is 4.92. The third kappa shape index (κ3) is 6.54. The first-order chi connectivity index (χ1) is 17.4. The number of rotatable bonds is 10. The van der Waals surface area contributed by atoms with Gasteiger partial charge >= 0.3 is 0 Å². The molecule has 0 atom stereocenters. The molecule has 0 fully saturated rings. The van der Waals surface area contributed by atoms with Crippen LogP contribution in [0.15, 0.2) is 130 Å². The van der Waals surface area contributed by atoms with Gasteiger partial charge in [-0.05, 0) is 11.1 Å². The van der Waals surface area contributed by atoms with Gasteiger partial charge in [-0.25, -0.2) is 0 Å². The highest BCUT2D eigenvalue weighted by molar-refractivity contribution is 8.21. The first kappa shape index (κ1) is 26.8. The van der Waals surface area contributed by atoms with Crippen molar-refractivity contribution in [2.75, 3.05) is 0 Å². The lowest BCUT2D eigenvalue weighted by Crippen LogP contribution is -2.57. The molecule has 4 aromatic carbocycles. The Hall–Kier alpha value is -2.25. The van der Waals surface area contributed by atoms with E-state index in [2.05, 4.69) is 171 Å². The number of thioether (sulfide) groups is 2. The van der Waals surface area contributed by atoms with Gasteiger partial charge in [-0.1, -0.05) is 163 Å². The SMILES string of the molecule is C[Si](C)(C(=C(SCc1ccccc1)SCc1ccccc1)[Si](C)(C)c1ccccc1)c1ccccc1. The highest BCUT2D eigenvalue weighted by atomic mass is 32.2. The van der Waals surface area contributed by atoms with Crippen LogP contribution in [0, 0.1) is 0 Å². The summed E-state index contributed by atoms with van der Waals surface area (Å²) in [7, 11) is -3.93. The van der Waals surface area contributed by atoms with E-state index in [1.54, 1.807) is 9.06 Å². The van der Waals surface area contributed by atoms with Crippen LogP contribution in [-0.2, 0) is 11.5 Å². The van der Waals surface area contributed by atoms with Crippen LogP contribution in [0.3, 0.4) is 0 Å². The Morgan fingerprint density at radius 1 is 0.472 bits per heavy atom. The van der Waals surface area contributed by atoms with Gasteiger partial charge < -0.3 is 0 Å². The molecular formula is C32H36S2Si2. The zero-order chi connectivity index (χ0) is 25.4. The third-order valence-corrected chi connectivity index (χ3v) is 20.5. The van der Waals surface area contributed by atoms with Crippen LogP contribution in [0.25, 0.3) is 0 Å². The van der Waals surface area contributed by atoms with Crippen LogP contribution < -0.4 is 10.4 Å². The lowest BCUT2D eigenvalue weighted by atomic mass is 10.2. The molecule has 36 heavy (non-hydrogen) atoms. The van der Waals surface area contributed by atoms with Crippen molar-refractivity contribution >= 4 is 50.0 Å². The third-order valence-electron chi connectivity index (χ3n) is 6.87. The average Bonchev–Trinajstić information content (AvgIpc) is 2.92. The Labute approximate surface area is 228 Å². The van der Waals surface area contributed by atoms with Gasteiger partial charge in [0, 0.05) is 15.7 Å². The molecule has 0 spiro atoms. The Morgan fingerprint density at radius 2 is 0.778 bits per heavy atom. The van der Waals surface area contributed by atoms with Crippen molar-refractivity contribution in [3.63, 3.8) is 0 Å². The summed E-state index contributed by atoms with van der Waals surface area (Å²) in [5, 5.41) is 3.05. The largest absolute Gasteiger partial charge is 0.115 e. The molecule has 0 saturated heterocycles. The molecule has 0 radical (unpaired) electrons. The van der Waals surface area contributed by atoms with Gasteiger partial charge in [-0.3, -0.25) is 0 Å². The van der Waals surface area contributed by atoms with E-state index in [1.807, 2.05) is 0 Å². The molecule has 0 aliphatic carbocycles. The van der Waals surface area contributed by atoms with Gasteiger partial charge in [0.05, 0.1) is 0 Å². The van der Waals surface area contributed by atoms with E-state index in [-0.39, 0.29) is 0 Å². The van der Waals surface area contributed by atoms with Crippen molar-refractivity contribution in [1.82, 2.24) is 0 Å². The van der Waals surface area contributed by atoms with Crippen LogP contribution in [0.5, 0.6) is 0 Å². The molecule has 0 nitrogen and oxygen atoms in total. The lowest BCUT2D eigenvalue weighted by Gasteiger charge is -2.39. The Morgan fingerprint density at radius 3 is 1.11 bits per heavy atom. The standard InChI is InChI=1S/C32H36S2Si2/c1-35(2,29-21-13-7-14-22-29)32(36(3,4)30-23-15-8-16-24-30)31(33-25-27-17-9-5-10-18-27)34-26-28-19-11-6-12-20-28/h5-24H,25-26H2,1-4H3. The molecule has 4 rings (SSSR count). The summed E-state index contributed by atoms with van der Waals surface area (Å²) in [5.41, 5.74) is 2.77. The van der Waals surface area contributed by atoms with E-state index >= 15 is 0 Å². The fraction of sp³-hybridized carbons (Fsp3) is 0.188. The molecule has 0 bridgehead atoms. The van der Waals surface area contributed by atoms with Gasteiger partial charge in [0.2, 0.25) is 0 Å². The number of benzene rings is 4. The van der Waals surface area contributed by atoms with Gasteiger partial charge in [-0.15, -0.1) is 23.5 Å². The zero-order valence-corrected chi connectivity index (χ0v) is 25.4.